The van der Waals surface area contributed by atoms with E-state index >= 15 is 0 Å². The average Bonchev–Trinajstić information content (AvgIpc) is 3.03. The summed E-state index contributed by atoms with van der Waals surface area (Å²) < 4.78 is 28.7. The van der Waals surface area contributed by atoms with E-state index in [9.17, 15) is 59.4 Å². The van der Waals surface area contributed by atoms with Gasteiger partial charge in [-0.25, -0.2) is 14.3 Å². The average molecular weight is 683 g/mol. The molecule has 0 heterocycles. The van der Waals surface area contributed by atoms with E-state index in [0.717, 1.165) is 12.1 Å². The fraction of sp³-hybridized carbons (Fsp3) is 0.125. The molecule has 0 saturated heterocycles. The Bertz CT molecular complexity index is 1880. The molecule has 1 amide bonds. The molecule has 248 valence electrons. The highest BCUT2D eigenvalue weighted by Gasteiger charge is 2.54. The lowest BCUT2D eigenvalue weighted by Gasteiger charge is -2.40. The van der Waals surface area contributed by atoms with Gasteiger partial charge in [-0.2, -0.15) is 9.65 Å². The number of rotatable bonds is 11. The molecule has 0 bridgehead atoms. The molecule has 16 heteroatoms. The quantitative estimate of drug-likeness (QED) is 0.0525. The predicted molar refractivity (Wildman–Crippen MR) is 166 cm³/mol. The summed E-state index contributed by atoms with van der Waals surface area (Å²) in [6, 6.07) is 16.5. The Labute approximate surface area is 275 Å². The van der Waals surface area contributed by atoms with Gasteiger partial charge in [0.15, 0.2) is 5.78 Å². The Morgan fingerprint density at radius 1 is 0.917 bits per heavy atom. The molecule has 0 aliphatic rings. The molecule has 0 aliphatic heterocycles. The van der Waals surface area contributed by atoms with Gasteiger partial charge in [-0.3, -0.25) is 9.59 Å². The van der Waals surface area contributed by atoms with E-state index in [0.29, 0.717) is 30.3 Å². The number of likely N-dealkylation sites (N-methyl/N-ethyl adjacent to an activating group) is 1. The maximum Gasteiger partial charge on any atom is 0.392 e. The van der Waals surface area contributed by atoms with Gasteiger partial charge in [-0.15, -0.1) is 0 Å². The molecule has 7 N–H and O–H groups in total. The molecule has 4 aromatic rings. The second-order valence-corrected chi connectivity index (χ2v) is 10.5. The summed E-state index contributed by atoms with van der Waals surface area (Å²) >= 11 is 6.22. The molecule has 4 rings (SSSR count). The zero-order chi connectivity index (χ0) is 35.6. The maximum atomic E-state index is 14.4. The second-order valence-electron chi connectivity index (χ2n) is 10.1. The van der Waals surface area contributed by atoms with Crippen LogP contribution >= 0.6 is 11.6 Å². The number of benzene rings is 4. The molecule has 0 unspecified atom stereocenters. The van der Waals surface area contributed by atoms with Gasteiger partial charge in [0.05, 0.1) is 38.9 Å². The first-order valence-electron chi connectivity index (χ1n) is 13.5. The van der Waals surface area contributed by atoms with Gasteiger partial charge in [0, 0.05) is 23.7 Å². The van der Waals surface area contributed by atoms with E-state index in [1.54, 1.807) is 66.7 Å². The first-order chi connectivity index (χ1) is 22.4. The topological polar surface area (TPSA) is 218 Å². The van der Waals surface area contributed by atoms with Gasteiger partial charge < -0.3 is 40.6 Å². The maximum absolute atomic E-state index is 14.4. The van der Waals surface area contributed by atoms with Crippen LogP contribution in [0.15, 0.2) is 89.9 Å². The normalized spacial score (nSPS) is 11.8. The highest BCUT2D eigenvalue weighted by atomic mass is 35.5. The van der Waals surface area contributed by atoms with Gasteiger partial charge in [0.1, 0.15) is 11.9 Å². The lowest BCUT2D eigenvalue weighted by atomic mass is 9.93. The van der Waals surface area contributed by atoms with Crippen molar-refractivity contribution in [3.05, 3.63) is 124 Å². The van der Waals surface area contributed by atoms with Crippen LogP contribution in [0.25, 0.3) is 0 Å². The predicted octanol–water partition coefficient (Wildman–Crippen LogP) is 1.98. The van der Waals surface area contributed by atoms with E-state index in [2.05, 4.69) is 4.99 Å². The van der Waals surface area contributed by atoms with Gasteiger partial charge in [0.25, 0.3) is 0 Å². The number of aliphatic hydroxyl groups is 7. The molecular weight excluding hydrogens is 658 g/mol. The van der Waals surface area contributed by atoms with Crippen LogP contribution in [-0.2, 0) is 4.79 Å². The molecule has 0 aromatic heterocycles. The molecule has 0 aliphatic carbocycles. The van der Waals surface area contributed by atoms with Crippen molar-refractivity contribution in [3.8, 4) is 6.07 Å². The van der Waals surface area contributed by atoms with Crippen LogP contribution in [0.3, 0.4) is 0 Å². The number of anilines is 2. The van der Waals surface area contributed by atoms with Crippen LogP contribution in [0.5, 0.6) is 0 Å². The Morgan fingerprint density at radius 3 is 1.92 bits per heavy atom. The summed E-state index contributed by atoms with van der Waals surface area (Å²) in [6.07, 6.45) is -4.64. The number of hydrogen-bond donors (Lipinski definition) is 7. The van der Waals surface area contributed by atoms with E-state index in [4.69, 9.17) is 11.6 Å². The Balaban J connectivity index is 2.28. The van der Waals surface area contributed by atoms with Crippen molar-refractivity contribution in [2.24, 2.45) is 4.99 Å². The van der Waals surface area contributed by atoms with Crippen LogP contribution in [-0.4, -0.2) is 78.7 Å². The Hall–Kier alpha value is -5.15. The highest BCUT2D eigenvalue weighted by Crippen LogP contribution is 2.45. The monoisotopic (exact) mass is 682 g/mol. The molecule has 4 aromatic carbocycles. The van der Waals surface area contributed by atoms with Crippen molar-refractivity contribution in [2.45, 2.75) is 18.0 Å². The highest BCUT2D eigenvalue weighted by molar-refractivity contribution is 6.35. The summed E-state index contributed by atoms with van der Waals surface area (Å²) in [4.78, 5) is 30.5. The van der Waals surface area contributed by atoms with E-state index in [-0.39, 0.29) is 20.5 Å². The molecule has 0 radical (unpaired) electrons. The van der Waals surface area contributed by atoms with Crippen LogP contribution in [0.4, 0.5) is 25.8 Å². The van der Waals surface area contributed by atoms with Crippen LogP contribution in [0, 0.1) is 17.1 Å². The summed E-state index contributed by atoms with van der Waals surface area (Å²) in [5.74, 6) is -6.51. The van der Waals surface area contributed by atoms with Gasteiger partial charge in [0.2, 0.25) is 6.41 Å². The minimum absolute atomic E-state index is 0.0709. The Kier molecular flexibility index (Phi) is 10.1. The van der Waals surface area contributed by atoms with Crippen molar-refractivity contribution in [3.63, 3.8) is 0 Å². The number of amides is 1. The van der Waals surface area contributed by atoms with Gasteiger partial charge >= 0.3 is 18.0 Å². The second kappa shape index (κ2) is 13.5. The minimum Gasteiger partial charge on any atom is -0.342 e. The lowest BCUT2D eigenvalue weighted by molar-refractivity contribution is -0.411. The zero-order valence-electron chi connectivity index (χ0n) is 24.5. The molecule has 0 spiro atoms. The van der Waals surface area contributed by atoms with Crippen molar-refractivity contribution < 1.29 is 54.1 Å². The minimum atomic E-state index is -4.85. The Morgan fingerprint density at radius 2 is 1.46 bits per heavy atom. The van der Waals surface area contributed by atoms with Crippen LogP contribution in [0.1, 0.15) is 32.6 Å². The number of nitrogens with zero attached hydrogens (tertiary/aromatic N) is 4. The molecule has 0 saturated carbocycles. The number of alkyl halides is 1. The standard InChI is InChI=1S/C32H25ClF2N4O9/c1-38(31(44,45)30(35,42)43)25-15-24(37-27(18-8-4-2-5-9-18)19-10-6-3-7-11-19)26(29(41)21-14-20(34)12-13-23(21)33)22(16-36)28(25)39(17-40)32(46,47)48/h2-15,17,42-48H,1H3. The number of carbonyl (C=O) groups is 2. The number of ketones is 1. The largest absolute Gasteiger partial charge is 0.392 e. The first-order valence-corrected chi connectivity index (χ1v) is 13.9. The van der Waals surface area contributed by atoms with E-state index in [1.807, 2.05) is 0 Å². The van der Waals surface area contributed by atoms with Gasteiger partial charge in [-0.1, -0.05) is 72.3 Å². The van der Waals surface area contributed by atoms with Crippen molar-refractivity contribution in [1.82, 2.24) is 0 Å². The van der Waals surface area contributed by atoms with E-state index in [1.165, 1.54) is 0 Å². The van der Waals surface area contributed by atoms with Crippen molar-refractivity contribution in [2.75, 3.05) is 16.8 Å². The molecular formula is C32H25ClF2N4O9. The third-order valence-electron chi connectivity index (χ3n) is 7.02. The van der Waals surface area contributed by atoms with E-state index < -0.39 is 69.8 Å². The number of hydrogen-bond acceptors (Lipinski definition) is 12. The van der Waals surface area contributed by atoms with Crippen molar-refractivity contribution >= 4 is 46.6 Å². The molecule has 13 nitrogen and oxygen atoms in total. The summed E-state index contributed by atoms with van der Waals surface area (Å²) in [5.41, 5.74) is -4.27. The SMILES string of the molecule is CN(c1cc(N=C(c2ccccc2)c2ccccc2)c(C(=O)c2cc(F)ccc2Cl)c(C#N)c1N(C=O)C(O)(O)O)C(O)(O)C(O)(O)F. The fourth-order valence-electron chi connectivity index (χ4n) is 4.64. The molecule has 48 heavy (non-hydrogen) atoms. The van der Waals surface area contributed by atoms with Crippen molar-refractivity contribution in [1.29, 1.82) is 5.26 Å². The third-order valence-corrected chi connectivity index (χ3v) is 7.35. The lowest BCUT2D eigenvalue weighted by Crippen LogP contribution is -2.62. The van der Waals surface area contributed by atoms with Crippen LogP contribution < -0.4 is 9.80 Å². The first kappa shape index (κ1) is 35.7. The van der Waals surface area contributed by atoms with Gasteiger partial charge in [-0.05, 0) is 24.3 Å². The number of nitriles is 1. The smallest absolute Gasteiger partial charge is 0.342 e. The summed E-state index contributed by atoms with van der Waals surface area (Å²) in [6.45, 7) is 0. The number of aliphatic imine (C=N–C) groups is 1. The zero-order valence-corrected chi connectivity index (χ0v) is 25.3. The van der Waals surface area contributed by atoms with Crippen LogP contribution in [0.2, 0.25) is 5.02 Å². The molecule has 0 atom stereocenters. The fourth-order valence-corrected chi connectivity index (χ4v) is 4.84. The summed E-state index contributed by atoms with van der Waals surface area (Å²) in [5, 5.41) is 80.2. The summed E-state index contributed by atoms with van der Waals surface area (Å²) in [7, 11) is 0.602. The molecule has 0 fully saturated rings. The number of halogens is 3. The third kappa shape index (κ3) is 6.92. The number of carbonyl (C=O) groups excluding carboxylic acids is 2.